The number of pyridine rings is 1. The van der Waals surface area contributed by atoms with Crippen LogP contribution in [0.4, 0.5) is 14.5 Å². The molecule has 1 heterocycles. The van der Waals surface area contributed by atoms with Crippen LogP contribution in [0.1, 0.15) is 15.9 Å². The Bertz CT molecular complexity index is 1130. The molecule has 0 atom stereocenters. The Morgan fingerprint density at radius 3 is 2.43 bits per heavy atom. The summed E-state index contributed by atoms with van der Waals surface area (Å²) in [5, 5.41) is 3.05. The number of carbonyl (C=O) groups excluding carboxylic acids is 1. The standard InChI is InChI=1S/C19H11Cl3F2N2O2/c20-11-6-13(18(27)25-17-4-2-12(23)7-16(17)24)19(28)26(9-11)8-10-1-3-14(21)15(22)5-10/h1-7,9H,8H2,(H,25,27). The Morgan fingerprint density at radius 2 is 1.75 bits per heavy atom. The lowest BCUT2D eigenvalue weighted by atomic mass is 10.2. The maximum atomic E-state index is 13.8. The number of nitrogens with one attached hydrogen (secondary N) is 1. The predicted molar refractivity (Wildman–Crippen MR) is 106 cm³/mol. The lowest BCUT2D eigenvalue weighted by Gasteiger charge is -2.11. The molecule has 0 unspecified atom stereocenters. The van der Waals surface area contributed by atoms with Gasteiger partial charge in [-0.05, 0) is 35.9 Å². The molecule has 0 aliphatic carbocycles. The zero-order valence-electron chi connectivity index (χ0n) is 14.0. The summed E-state index contributed by atoms with van der Waals surface area (Å²) in [5.41, 5.74) is -0.539. The monoisotopic (exact) mass is 442 g/mol. The van der Waals surface area contributed by atoms with Crippen LogP contribution >= 0.6 is 34.8 Å². The molecular weight excluding hydrogens is 433 g/mol. The van der Waals surface area contributed by atoms with Crippen LogP contribution in [-0.4, -0.2) is 10.5 Å². The Kier molecular flexibility index (Phi) is 6.03. The molecule has 0 aliphatic rings. The molecule has 1 aromatic heterocycles. The van der Waals surface area contributed by atoms with Gasteiger partial charge in [-0.2, -0.15) is 0 Å². The van der Waals surface area contributed by atoms with Crippen LogP contribution in [0.5, 0.6) is 0 Å². The molecule has 4 nitrogen and oxygen atoms in total. The quantitative estimate of drug-likeness (QED) is 0.588. The minimum atomic E-state index is -0.966. The number of anilines is 1. The first-order valence-electron chi connectivity index (χ1n) is 7.85. The van der Waals surface area contributed by atoms with Crippen LogP contribution in [0.2, 0.25) is 15.1 Å². The summed E-state index contributed by atoms with van der Waals surface area (Å²) >= 11 is 17.9. The molecule has 0 aliphatic heterocycles. The summed E-state index contributed by atoms with van der Waals surface area (Å²) in [6.45, 7) is 0.0848. The van der Waals surface area contributed by atoms with Gasteiger partial charge in [0, 0.05) is 12.3 Å². The highest BCUT2D eigenvalue weighted by atomic mass is 35.5. The smallest absolute Gasteiger partial charge is 0.263 e. The van der Waals surface area contributed by atoms with Crippen LogP contribution in [0.15, 0.2) is 53.5 Å². The number of amides is 1. The van der Waals surface area contributed by atoms with E-state index in [1.165, 1.54) is 16.8 Å². The Hall–Kier alpha value is -2.41. The fourth-order valence-corrected chi connectivity index (χ4v) is 3.04. The molecule has 3 aromatic rings. The number of hydrogen-bond acceptors (Lipinski definition) is 2. The van der Waals surface area contributed by atoms with Gasteiger partial charge in [-0.3, -0.25) is 9.59 Å². The van der Waals surface area contributed by atoms with E-state index in [2.05, 4.69) is 5.32 Å². The largest absolute Gasteiger partial charge is 0.319 e. The zero-order valence-corrected chi connectivity index (χ0v) is 16.2. The number of aromatic nitrogens is 1. The average Bonchev–Trinajstić information content (AvgIpc) is 2.63. The first-order valence-corrected chi connectivity index (χ1v) is 8.98. The summed E-state index contributed by atoms with van der Waals surface area (Å²) < 4.78 is 28.0. The van der Waals surface area contributed by atoms with Crippen molar-refractivity contribution in [2.24, 2.45) is 0 Å². The van der Waals surface area contributed by atoms with Crippen LogP contribution < -0.4 is 10.9 Å². The number of carbonyl (C=O) groups is 1. The second-order valence-electron chi connectivity index (χ2n) is 5.83. The average molecular weight is 444 g/mol. The van der Waals surface area contributed by atoms with Crippen molar-refractivity contribution in [3.8, 4) is 0 Å². The SMILES string of the molecule is O=C(Nc1ccc(F)cc1F)c1cc(Cl)cn(Cc2ccc(Cl)c(Cl)c2)c1=O. The van der Waals surface area contributed by atoms with Crippen molar-refractivity contribution >= 4 is 46.4 Å². The molecule has 3 rings (SSSR count). The number of benzene rings is 2. The van der Waals surface area contributed by atoms with E-state index < -0.39 is 23.1 Å². The van der Waals surface area contributed by atoms with Crippen molar-refractivity contribution in [1.82, 2.24) is 4.57 Å². The maximum Gasteiger partial charge on any atom is 0.263 e. The highest BCUT2D eigenvalue weighted by molar-refractivity contribution is 6.42. The van der Waals surface area contributed by atoms with Gasteiger partial charge in [-0.1, -0.05) is 40.9 Å². The molecule has 28 heavy (non-hydrogen) atoms. The van der Waals surface area contributed by atoms with Crippen molar-refractivity contribution < 1.29 is 13.6 Å². The fourth-order valence-electron chi connectivity index (χ4n) is 2.49. The minimum absolute atomic E-state index is 0.0848. The second kappa shape index (κ2) is 8.31. The second-order valence-corrected chi connectivity index (χ2v) is 7.08. The Morgan fingerprint density at radius 1 is 1.00 bits per heavy atom. The van der Waals surface area contributed by atoms with Gasteiger partial charge in [0.15, 0.2) is 0 Å². The third-order valence-electron chi connectivity index (χ3n) is 3.81. The number of halogens is 5. The normalized spacial score (nSPS) is 10.8. The van der Waals surface area contributed by atoms with E-state index in [9.17, 15) is 18.4 Å². The zero-order chi connectivity index (χ0) is 20.4. The van der Waals surface area contributed by atoms with Gasteiger partial charge in [0.1, 0.15) is 17.2 Å². The lowest BCUT2D eigenvalue weighted by Crippen LogP contribution is -2.29. The van der Waals surface area contributed by atoms with Gasteiger partial charge < -0.3 is 9.88 Å². The molecule has 0 fully saturated rings. The van der Waals surface area contributed by atoms with Crippen LogP contribution in [0.25, 0.3) is 0 Å². The molecule has 0 bridgehead atoms. The highest BCUT2D eigenvalue weighted by Gasteiger charge is 2.16. The van der Waals surface area contributed by atoms with E-state index in [-0.39, 0.29) is 22.8 Å². The maximum absolute atomic E-state index is 13.8. The van der Waals surface area contributed by atoms with Crippen molar-refractivity contribution in [3.05, 3.63) is 96.8 Å². The van der Waals surface area contributed by atoms with Gasteiger partial charge in [-0.15, -0.1) is 0 Å². The van der Waals surface area contributed by atoms with E-state index in [4.69, 9.17) is 34.8 Å². The summed E-state index contributed by atoms with van der Waals surface area (Å²) in [7, 11) is 0. The van der Waals surface area contributed by atoms with Crippen molar-refractivity contribution in [2.75, 3.05) is 5.32 Å². The van der Waals surface area contributed by atoms with E-state index in [1.807, 2.05) is 0 Å². The number of hydrogen-bond donors (Lipinski definition) is 1. The van der Waals surface area contributed by atoms with Crippen LogP contribution in [-0.2, 0) is 6.54 Å². The van der Waals surface area contributed by atoms with E-state index >= 15 is 0 Å². The first kappa shape index (κ1) is 20.3. The van der Waals surface area contributed by atoms with Crippen LogP contribution in [0, 0.1) is 11.6 Å². The molecule has 9 heteroatoms. The summed E-state index contributed by atoms with van der Waals surface area (Å²) in [6, 6.07) is 8.68. The Balaban J connectivity index is 1.92. The molecule has 1 amide bonds. The van der Waals surface area contributed by atoms with E-state index in [1.54, 1.807) is 18.2 Å². The van der Waals surface area contributed by atoms with E-state index in [0.717, 1.165) is 12.1 Å². The van der Waals surface area contributed by atoms with Gasteiger partial charge in [-0.25, -0.2) is 8.78 Å². The summed E-state index contributed by atoms with van der Waals surface area (Å²) in [5.74, 6) is -2.63. The molecule has 2 aromatic carbocycles. The predicted octanol–water partition coefficient (Wildman–Crippen LogP) is 5.39. The first-order chi connectivity index (χ1) is 13.2. The molecule has 1 N–H and O–H groups in total. The van der Waals surface area contributed by atoms with Gasteiger partial charge in [0.05, 0.1) is 27.3 Å². The minimum Gasteiger partial charge on any atom is -0.319 e. The molecular formula is C19H11Cl3F2N2O2. The summed E-state index contributed by atoms with van der Waals surface area (Å²) in [4.78, 5) is 25.1. The Labute approximate surface area is 173 Å². The van der Waals surface area contributed by atoms with Crippen molar-refractivity contribution in [2.45, 2.75) is 6.54 Å². The van der Waals surface area contributed by atoms with Crippen molar-refractivity contribution in [3.63, 3.8) is 0 Å². The van der Waals surface area contributed by atoms with E-state index in [0.29, 0.717) is 21.7 Å². The fraction of sp³-hybridized carbons (Fsp3) is 0.0526. The third-order valence-corrected chi connectivity index (χ3v) is 4.76. The molecule has 144 valence electrons. The number of rotatable bonds is 4. The molecule has 0 saturated carbocycles. The third kappa shape index (κ3) is 4.52. The highest BCUT2D eigenvalue weighted by Crippen LogP contribution is 2.23. The molecule has 0 spiro atoms. The lowest BCUT2D eigenvalue weighted by molar-refractivity contribution is 0.102. The molecule has 0 radical (unpaired) electrons. The topological polar surface area (TPSA) is 51.1 Å². The van der Waals surface area contributed by atoms with Crippen LogP contribution in [0.3, 0.4) is 0 Å². The number of nitrogens with zero attached hydrogens (tertiary/aromatic N) is 1. The van der Waals surface area contributed by atoms with Gasteiger partial charge in [0.2, 0.25) is 0 Å². The van der Waals surface area contributed by atoms with Crippen molar-refractivity contribution in [1.29, 1.82) is 0 Å². The van der Waals surface area contributed by atoms with Gasteiger partial charge in [0.25, 0.3) is 11.5 Å². The summed E-state index contributed by atoms with van der Waals surface area (Å²) in [6.07, 6.45) is 1.36. The van der Waals surface area contributed by atoms with Gasteiger partial charge >= 0.3 is 0 Å². The molecule has 0 saturated heterocycles.